The first-order valence-corrected chi connectivity index (χ1v) is 9.94. The molecular weight excluding hydrogens is 411 g/mol. The van der Waals surface area contributed by atoms with E-state index in [1.807, 2.05) is 50.8 Å². The number of nitrogens with zero attached hydrogens (tertiary/aromatic N) is 2. The quantitative estimate of drug-likeness (QED) is 0.674. The van der Waals surface area contributed by atoms with Crippen LogP contribution in [0.2, 0.25) is 0 Å². The summed E-state index contributed by atoms with van der Waals surface area (Å²) in [6, 6.07) is 5.99. The SMILES string of the molecule is CCC(CC)(CN)C(=O)N1CCN(CC(=O)Nc2c(C)cccc2C)CC1.Cl.Cl. The standard InChI is InChI=1S/C21H34N4O2.2ClH/c1-5-21(6-2,15-22)20(27)25-12-10-24(11-13-25)14-18(26)23-19-16(3)8-7-9-17(19)4;;/h7-9H,5-6,10-15,22H2,1-4H3,(H,23,26);2*1H. The first-order valence-electron chi connectivity index (χ1n) is 9.94. The highest BCUT2D eigenvalue weighted by molar-refractivity contribution is 5.93. The Morgan fingerprint density at radius 2 is 1.55 bits per heavy atom. The van der Waals surface area contributed by atoms with Crippen molar-refractivity contribution in [1.82, 2.24) is 9.80 Å². The highest BCUT2D eigenvalue weighted by atomic mass is 35.5. The van der Waals surface area contributed by atoms with E-state index in [-0.39, 0.29) is 36.6 Å². The van der Waals surface area contributed by atoms with Gasteiger partial charge >= 0.3 is 0 Å². The number of piperazine rings is 1. The lowest BCUT2D eigenvalue weighted by Crippen LogP contribution is -2.55. The van der Waals surface area contributed by atoms with Crippen LogP contribution in [0.3, 0.4) is 0 Å². The molecule has 1 heterocycles. The third kappa shape index (κ3) is 6.57. The molecule has 0 aliphatic carbocycles. The first-order chi connectivity index (χ1) is 12.9. The van der Waals surface area contributed by atoms with E-state index >= 15 is 0 Å². The number of hydrogen-bond donors (Lipinski definition) is 2. The lowest BCUT2D eigenvalue weighted by Gasteiger charge is -2.40. The van der Waals surface area contributed by atoms with Crippen LogP contribution in [0.15, 0.2) is 18.2 Å². The molecule has 29 heavy (non-hydrogen) atoms. The molecule has 3 N–H and O–H groups in total. The van der Waals surface area contributed by atoms with Crippen molar-refractivity contribution in [2.24, 2.45) is 11.1 Å². The maximum atomic E-state index is 12.9. The fraction of sp³-hybridized carbons (Fsp3) is 0.619. The van der Waals surface area contributed by atoms with Crippen molar-refractivity contribution in [3.8, 4) is 0 Å². The zero-order chi connectivity index (χ0) is 20.0. The van der Waals surface area contributed by atoms with E-state index in [9.17, 15) is 9.59 Å². The number of carbonyl (C=O) groups excluding carboxylic acids is 2. The number of benzene rings is 1. The summed E-state index contributed by atoms with van der Waals surface area (Å²) in [5, 5.41) is 3.03. The number of rotatable bonds is 7. The van der Waals surface area contributed by atoms with Gasteiger partial charge in [0, 0.05) is 38.4 Å². The van der Waals surface area contributed by atoms with Gasteiger partial charge in [0.25, 0.3) is 0 Å². The monoisotopic (exact) mass is 446 g/mol. The first kappa shape index (κ1) is 27.7. The van der Waals surface area contributed by atoms with E-state index in [1.165, 1.54) is 0 Å². The third-order valence-corrected chi connectivity index (χ3v) is 5.97. The summed E-state index contributed by atoms with van der Waals surface area (Å²) in [6.07, 6.45) is 1.52. The van der Waals surface area contributed by atoms with Crippen LogP contribution in [0.25, 0.3) is 0 Å². The normalized spacial score (nSPS) is 14.6. The molecule has 2 rings (SSSR count). The van der Waals surface area contributed by atoms with Crippen LogP contribution in [-0.2, 0) is 9.59 Å². The van der Waals surface area contributed by atoms with E-state index in [0.29, 0.717) is 39.3 Å². The summed E-state index contributed by atoms with van der Waals surface area (Å²) >= 11 is 0. The molecule has 0 bridgehead atoms. The second-order valence-corrected chi connectivity index (χ2v) is 7.57. The van der Waals surface area contributed by atoms with Crippen molar-refractivity contribution < 1.29 is 9.59 Å². The van der Waals surface area contributed by atoms with Crippen LogP contribution in [0.4, 0.5) is 5.69 Å². The summed E-state index contributed by atoms with van der Waals surface area (Å²) in [5.74, 6) is 0.153. The molecule has 1 fully saturated rings. The molecule has 2 amide bonds. The minimum absolute atomic E-state index is 0. The number of hydrogen-bond acceptors (Lipinski definition) is 4. The molecule has 8 heteroatoms. The highest BCUT2D eigenvalue weighted by Gasteiger charge is 2.37. The molecule has 0 spiro atoms. The molecule has 1 aliphatic heterocycles. The van der Waals surface area contributed by atoms with Gasteiger partial charge in [-0.05, 0) is 37.8 Å². The van der Waals surface area contributed by atoms with E-state index in [2.05, 4.69) is 10.2 Å². The maximum absolute atomic E-state index is 12.9. The fourth-order valence-electron chi connectivity index (χ4n) is 3.77. The van der Waals surface area contributed by atoms with Crippen LogP contribution < -0.4 is 11.1 Å². The van der Waals surface area contributed by atoms with Crippen LogP contribution in [0.5, 0.6) is 0 Å². The maximum Gasteiger partial charge on any atom is 0.238 e. The molecule has 0 aromatic heterocycles. The molecule has 1 aromatic rings. The minimum Gasteiger partial charge on any atom is -0.340 e. The second-order valence-electron chi connectivity index (χ2n) is 7.57. The Hall–Kier alpha value is -1.34. The van der Waals surface area contributed by atoms with Crippen molar-refractivity contribution >= 4 is 42.3 Å². The minimum atomic E-state index is -0.443. The van der Waals surface area contributed by atoms with Gasteiger partial charge in [0.15, 0.2) is 0 Å². The molecule has 0 atom stereocenters. The topological polar surface area (TPSA) is 78.7 Å². The van der Waals surface area contributed by atoms with E-state index in [1.54, 1.807) is 0 Å². The zero-order valence-electron chi connectivity index (χ0n) is 18.0. The molecule has 0 unspecified atom stereocenters. The number of aryl methyl sites for hydroxylation is 2. The number of halogens is 2. The fourth-order valence-corrected chi connectivity index (χ4v) is 3.77. The van der Waals surface area contributed by atoms with Crippen LogP contribution >= 0.6 is 24.8 Å². The lowest BCUT2D eigenvalue weighted by molar-refractivity contribution is -0.144. The Morgan fingerprint density at radius 1 is 1.03 bits per heavy atom. The van der Waals surface area contributed by atoms with Gasteiger partial charge in [0.05, 0.1) is 12.0 Å². The number of nitrogens with two attached hydrogens (primary N) is 1. The Morgan fingerprint density at radius 3 is 2.00 bits per heavy atom. The van der Waals surface area contributed by atoms with Gasteiger partial charge < -0.3 is 16.0 Å². The Kier molecular flexibility index (Phi) is 11.8. The number of amides is 2. The Bertz CT molecular complexity index is 644. The summed E-state index contributed by atoms with van der Waals surface area (Å²) in [4.78, 5) is 29.4. The largest absolute Gasteiger partial charge is 0.340 e. The zero-order valence-corrected chi connectivity index (χ0v) is 19.6. The van der Waals surface area contributed by atoms with Crippen LogP contribution in [0.1, 0.15) is 37.8 Å². The smallest absolute Gasteiger partial charge is 0.238 e. The Labute approximate surface area is 187 Å². The average Bonchev–Trinajstić information content (AvgIpc) is 2.67. The highest BCUT2D eigenvalue weighted by Crippen LogP contribution is 2.28. The van der Waals surface area contributed by atoms with Gasteiger partial charge in [-0.2, -0.15) is 0 Å². The van der Waals surface area contributed by atoms with Gasteiger partial charge in [-0.15, -0.1) is 24.8 Å². The predicted octanol–water partition coefficient (Wildman–Crippen LogP) is 2.99. The average molecular weight is 447 g/mol. The number of para-hydroxylation sites is 1. The summed E-state index contributed by atoms with van der Waals surface area (Å²) in [5.41, 5.74) is 8.50. The molecule has 166 valence electrons. The van der Waals surface area contributed by atoms with Crippen LogP contribution in [-0.4, -0.2) is 60.9 Å². The van der Waals surface area contributed by atoms with Crippen molar-refractivity contribution in [1.29, 1.82) is 0 Å². The summed E-state index contributed by atoms with van der Waals surface area (Å²) in [6.45, 7) is 11.5. The van der Waals surface area contributed by atoms with Crippen molar-refractivity contribution in [3.63, 3.8) is 0 Å². The molecule has 1 aromatic carbocycles. The number of nitrogens with one attached hydrogen (secondary N) is 1. The van der Waals surface area contributed by atoms with E-state index in [4.69, 9.17) is 5.73 Å². The van der Waals surface area contributed by atoms with Gasteiger partial charge in [0.2, 0.25) is 11.8 Å². The molecule has 0 radical (unpaired) electrons. The summed E-state index contributed by atoms with van der Waals surface area (Å²) in [7, 11) is 0. The molecule has 0 saturated carbocycles. The van der Waals surface area contributed by atoms with Crippen molar-refractivity contribution in [2.45, 2.75) is 40.5 Å². The van der Waals surface area contributed by atoms with Gasteiger partial charge in [-0.25, -0.2) is 0 Å². The van der Waals surface area contributed by atoms with Crippen molar-refractivity contribution in [3.05, 3.63) is 29.3 Å². The third-order valence-electron chi connectivity index (χ3n) is 5.97. The van der Waals surface area contributed by atoms with Gasteiger partial charge in [-0.3, -0.25) is 14.5 Å². The van der Waals surface area contributed by atoms with E-state index < -0.39 is 5.41 Å². The number of anilines is 1. The van der Waals surface area contributed by atoms with Gasteiger partial charge in [-0.1, -0.05) is 32.0 Å². The van der Waals surface area contributed by atoms with Crippen LogP contribution in [0, 0.1) is 19.3 Å². The Balaban J connectivity index is 0.00000392. The lowest BCUT2D eigenvalue weighted by atomic mass is 9.81. The van der Waals surface area contributed by atoms with E-state index in [0.717, 1.165) is 29.7 Å². The summed E-state index contributed by atoms with van der Waals surface area (Å²) < 4.78 is 0. The molecular formula is C21H36Cl2N4O2. The van der Waals surface area contributed by atoms with Crippen molar-refractivity contribution in [2.75, 3.05) is 44.6 Å². The molecule has 1 saturated heterocycles. The van der Waals surface area contributed by atoms with Gasteiger partial charge in [0.1, 0.15) is 0 Å². The molecule has 6 nitrogen and oxygen atoms in total. The predicted molar refractivity (Wildman–Crippen MR) is 124 cm³/mol. The second kappa shape index (κ2) is 12.4. The molecule has 1 aliphatic rings. The number of carbonyl (C=O) groups is 2.